The van der Waals surface area contributed by atoms with Gasteiger partial charge in [-0.05, 0) is 63.1 Å². The minimum Gasteiger partial charge on any atom is -0.395 e. The maximum atomic E-state index is 13.5. The number of carbonyl (C=O) groups excluding carboxylic acids is 1. The molecule has 188 valence electrons. The number of aliphatic hydroxyl groups is 2. The average molecular weight is 499 g/mol. The van der Waals surface area contributed by atoms with Crippen molar-refractivity contribution in [2.24, 2.45) is 5.41 Å². The summed E-state index contributed by atoms with van der Waals surface area (Å²) in [6.07, 6.45) is 4.99. The van der Waals surface area contributed by atoms with E-state index in [0.29, 0.717) is 41.6 Å². The van der Waals surface area contributed by atoms with Crippen LogP contribution in [-0.2, 0) is 0 Å². The monoisotopic (exact) mass is 498 g/mol. The summed E-state index contributed by atoms with van der Waals surface area (Å²) >= 11 is 1.44. The van der Waals surface area contributed by atoms with E-state index in [4.69, 9.17) is 5.11 Å². The molecule has 5 rings (SSSR count). The number of amides is 1. The summed E-state index contributed by atoms with van der Waals surface area (Å²) in [4.78, 5) is 26.7. The van der Waals surface area contributed by atoms with E-state index in [1.807, 2.05) is 30.0 Å². The molecule has 9 nitrogen and oxygen atoms in total. The predicted octanol–water partition coefficient (Wildman–Crippen LogP) is 3.04. The lowest BCUT2D eigenvalue weighted by Gasteiger charge is -2.44. The third-order valence-electron chi connectivity index (χ3n) is 7.18. The van der Waals surface area contributed by atoms with E-state index in [1.165, 1.54) is 37.6 Å². The molecule has 0 atom stereocenters. The molecule has 2 aromatic rings. The van der Waals surface area contributed by atoms with Gasteiger partial charge in [0.25, 0.3) is 5.91 Å². The number of nitrogens with zero attached hydrogens (tertiary/aromatic N) is 4. The van der Waals surface area contributed by atoms with E-state index in [2.05, 4.69) is 24.9 Å². The summed E-state index contributed by atoms with van der Waals surface area (Å²) in [6.45, 7) is 6.58. The summed E-state index contributed by atoms with van der Waals surface area (Å²) < 4.78 is 3.27. The van der Waals surface area contributed by atoms with Gasteiger partial charge in [-0.2, -0.15) is 4.98 Å². The number of aromatic nitrogens is 2. The van der Waals surface area contributed by atoms with E-state index in [-0.39, 0.29) is 12.5 Å². The highest BCUT2D eigenvalue weighted by atomic mass is 32.2. The fourth-order valence-corrected chi connectivity index (χ4v) is 5.47. The zero-order valence-electron chi connectivity index (χ0n) is 20.4. The van der Waals surface area contributed by atoms with E-state index in [0.717, 1.165) is 30.2 Å². The summed E-state index contributed by atoms with van der Waals surface area (Å²) in [5, 5.41) is 22.1. The van der Waals surface area contributed by atoms with Crippen molar-refractivity contribution in [1.82, 2.24) is 9.97 Å². The van der Waals surface area contributed by atoms with Crippen molar-refractivity contribution >= 4 is 41.0 Å². The Morgan fingerprint density at radius 1 is 1.11 bits per heavy atom. The van der Waals surface area contributed by atoms with Crippen LogP contribution in [0.1, 0.15) is 48.7 Å². The van der Waals surface area contributed by atoms with Crippen LogP contribution in [0.2, 0.25) is 0 Å². The van der Waals surface area contributed by atoms with Crippen molar-refractivity contribution in [2.45, 2.75) is 45.1 Å². The van der Waals surface area contributed by atoms with Gasteiger partial charge in [-0.3, -0.25) is 4.79 Å². The highest BCUT2D eigenvalue weighted by Crippen LogP contribution is 2.54. The van der Waals surface area contributed by atoms with E-state index >= 15 is 0 Å². The number of β-amino-alcohol motifs (C(OH)–C–C–N with tert-alkyl or cyclic N) is 1. The third kappa shape index (κ3) is 5.49. The summed E-state index contributed by atoms with van der Waals surface area (Å²) in [6, 6.07) is 7.55. The quantitative estimate of drug-likeness (QED) is 0.322. The lowest BCUT2D eigenvalue weighted by Crippen LogP contribution is -2.60. The zero-order chi connectivity index (χ0) is 24.6. The first-order chi connectivity index (χ1) is 16.8. The van der Waals surface area contributed by atoms with Crippen LogP contribution < -0.4 is 19.8 Å². The molecule has 4 N–H and O–H groups in total. The number of piperidine rings is 1. The molecule has 1 aromatic carbocycles. The normalized spacial score (nSPS) is 19.9. The molecule has 1 aromatic heterocycles. The number of aryl methyl sites for hydroxylation is 1. The number of anilines is 4. The van der Waals surface area contributed by atoms with Gasteiger partial charge in [0.1, 0.15) is 5.82 Å². The van der Waals surface area contributed by atoms with E-state index < -0.39 is 5.60 Å². The lowest BCUT2D eigenvalue weighted by molar-refractivity contribution is 0.0299. The van der Waals surface area contributed by atoms with Crippen molar-refractivity contribution in [3.63, 3.8) is 0 Å². The molecular weight excluding hydrogens is 464 g/mol. The highest BCUT2D eigenvalue weighted by Gasteiger charge is 2.44. The van der Waals surface area contributed by atoms with Crippen LogP contribution in [-0.4, -0.2) is 70.2 Å². The number of hydrogen-bond donors (Lipinski definition) is 4. The van der Waals surface area contributed by atoms with E-state index in [9.17, 15) is 9.90 Å². The van der Waals surface area contributed by atoms with Crippen LogP contribution in [0.3, 0.4) is 0 Å². The molecule has 2 saturated heterocycles. The molecule has 2 aliphatic heterocycles. The smallest absolute Gasteiger partial charge is 0.258 e. The maximum Gasteiger partial charge on any atom is 0.258 e. The van der Waals surface area contributed by atoms with Crippen molar-refractivity contribution in [1.29, 1.82) is 0 Å². The van der Waals surface area contributed by atoms with Crippen LogP contribution in [0.5, 0.6) is 0 Å². The molecule has 10 heteroatoms. The number of benzene rings is 1. The Kier molecular flexibility index (Phi) is 6.54. The Balaban J connectivity index is 1.36. The first kappa shape index (κ1) is 24.1. The first-order valence-electron chi connectivity index (χ1n) is 12.3. The Bertz CT molecular complexity index is 1090. The summed E-state index contributed by atoms with van der Waals surface area (Å²) in [5.74, 6) is 1.34. The minimum absolute atomic E-state index is 0.106. The molecule has 1 spiro atoms. The van der Waals surface area contributed by atoms with Crippen LogP contribution in [0.4, 0.5) is 23.1 Å². The molecule has 3 heterocycles. The molecule has 0 radical (unpaired) electrons. The van der Waals surface area contributed by atoms with Gasteiger partial charge in [0.05, 0.1) is 36.5 Å². The van der Waals surface area contributed by atoms with Gasteiger partial charge in [-0.1, -0.05) is 11.9 Å². The Hall–Kier alpha value is -2.56. The second-order valence-electron chi connectivity index (χ2n) is 10.4. The fraction of sp³-hybridized carbons (Fsp3) is 0.560. The standard InChI is InChI=1S/C25H34N6O3S/c1-17-13-21(28-23(26-17)31-15-24(2,34)16-31)27-22(33)19-4-3-18(29-35-12-11-32)14-20(19)30-9-7-25(5-6-25)8-10-30/h3-4,13-14,29,32,34H,5-12,15-16H2,1-2H3,(H,26,27,28,33). The fourth-order valence-electron chi connectivity index (χ4n) is 4.99. The topological polar surface area (TPSA) is 114 Å². The first-order valence-corrected chi connectivity index (χ1v) is 13.3. The largest absolute Gasteiger partial charge is 0.395 e. The number of rotatable bonds is 8. The molecule has 3 aliphatic rings. The van der Waals surface area contributed by atoms with Crippen molar-refractivity contribution < 1.29 is 15.0 Å². The van der Waals surface area contributed by atoms with Crippen LogP contribution in [0.15, 0.2) is 24.3 Å². The van der Waals surface area contributed by atoms with Gasteiger partial charge < -0.3 is 30.1 Å². The predicted molar refractivity (Wildman–Crippen MR) is 140 cm³/mol. The number of carbonyl (C=O) groups is 1. The van der Waals surface area contributed by atoms with Crippen LogP contribution >= 0.6 is 11.9 Å². The van der Waals surface area contributed by atoms with Gasteiger partial charge in [0, 0.05) is 36.3 Å². The maximum absolute atomic E-state index is 13.5. The summed E-state index contributed by atoms with van der Waals surface area (Å²) in [7, 11) is 0. The molecule has 0 unspecified atom stereocenters. The number of hydrogen-bond acceptors (Lipinski definition) is 9. The molecule has 3 fully saturated rings. The van der Waals surface area contributed by atoms with Gasteiger partial charge in [-0.15, -0.1) is 0 Å². The summed E-state index contributed by atoms with van der Waals surface area (Å²) in [5.41, 5.74) is 3.00. The molecule has 35 heavy (non-hydrogen) atoms. The van der Waals surface area contributed by atoms with Gasteiger partial charge >= 0.3 is 0 Å². The number of nitrogens with one attached hydrogen (secondary N) is 2. The molecular formula is C25H34N6O3S. The van der Waals surface area contributed by atoms with E-state index in [1.54, 1.807) is 13.0 Å². The molecule has 0 bridgehead atoms. The lowest BCUT2D eigenvalue weighted by atomic mass is 9.93. The average Bonchev–Trinajstić information content (AvgIpc) is 3.56. The SMILES string of the molecule is Cc1cc(NC(=O)c2ccc(NSCCO)cc2N2CCC3(CC2)CC3)nc(N2CC(C)(O)C2)n1. The van der Waals surface area contributed by atoms with Crippen molar-refractivity contribution in [2.75, 3.05) is 58.4 Å². The van der Waals surface area contributed by atoms with Crippen molar-refractivity contribution in [3.05, 3.63) is 35.5 Å². The molecule has 1 aliphatic carbocycles. The molecule has 1 saturated carbocycles. The highest BCUT2D eigenvalue weighted by molar-refractivity contribution is 8.00. The second kappa shape index (κ2) is 9.48. The Morgan fingerprint density at radius 2 is 1.86 bits per heavy atom. The third-order valence-corrected chi connectivity index (χ3v) is 7.94. The van der Waals surface area contributed by atoms with Crippen LogP contribution in [0, 0.1) is 12.3 Å². The zero-order valence-corrected chi connectivity index (χ0v) is 21.2. The minimum atomic E-state index is -0.732. The Morgan fingerprint density at radius 3 is 2.51 bits per heavy atom. The van der Waals surface area contributed by atoms with Crippen LogP contribution in [0.25, 0.3) is 0 Å². The van der Waals surface area contributed by atoms with Gasteiger partial charge in [0.2, 0.25) is 5.95 Å². The van der Waals surface area contributed by atoms with Gasteiger partial charge in [-0.25, -0.2) is 4.98 Å². The van der Waals surface area contributed by atoms with Gasteiger partial charge in [0.15, 0.2) is 0 Å². The van der Waals surface area contributed by atoms with Crippen molar-refractivity contribution in [3.8, 4) is 0 Å². The number of aliphatic hydroxyl groups excluding tert-OH is 1. The molecule has 1 amide bonds. The second-order valence-corrected chi connectivity index (χ2v) is 11.3. The Labute approximate surface area is 210 Å².